The predicted octanol–water partition coefficient (Wildman–Crippen LogP) is 4.56. The van der Waals surface area contributed by atoms with Gasteiger partial charge in [0.15, 0.2) is 0 Å². The number of fused-ring (bicyclic) bond motifs is 1. The molecule has 0 unspecified atom stereocenters. The Labute approximate surface area is 184 Å². The molecule has 0 bridgehead atoms. The van der Waals surface area contributed by atoms with Gasteiger partial charge >= 0.3 is 5.97 Å². The van der Waals surface area contributed by atoms with Crippen molar-refractivity contribution < 1.29 is 27.2 Å². The van der Waals surface area contributed by atoms with Crippen molar-refractivity contribution in [3.05, 3.63) is 95.7 Å². The summed E-state index contributed by atoms with van der Waals surface area (Å²) < 4.78 is 38.3. The lowest BCUT2D eigenvalue weighted by atomic mass is 10.1. The summed E-state index contributed by atoms with van der Waals surface area (Å²) in [5, 5.41) is 0.348. The molecule has 1 aromatic heterocycles. The average molecular weight is 449 g/mol. The lowest BCUT2D eigenvalue weighted by molar-refractivity contribution is 0.0600. The number of hydrogen-bond acceptors (Lipinski definition) is 6. The highest BCUT2D eigenvalue weighted by Gasteiger charge is 2.32. The van der Waals surface area contributed by atoms with E-state index < -0.39 is 21.9 Å². The van der Waals surface area contributed by atoms with Crippen LogP contribution in [0.5, 0.6) is 0 Å². The molecule has 1 amide bonds. The van der Waals surface area contributed by atoms with Crippen molar-refractivity contribution in [3.8, 4) is 0 Å². The van der Waals surface area contributed by atoms with Crippen molar-refractivity contribution in [3.63, 3.8) is 0 Å². The summed E-state index contributed by atoms with van der Waals surface area (Å²) in [6.07, 6.45) is 0. The second kappa shape index (κ2) is 8.32. The summed E-state index contributed by atoms with van der Waals surface area (Å²) in [7, 11) is -3.02. The number of sulfonamides is 1. The molecule has 8 heteroatoms. The number of furan rings is 1. The topological polar surface area (TPSA) is 93.9 Å². The van der Waals surface area contributed by atoms with Gasteiger partial charge in [-0.05, 0) is 49.4 Å². The highest BCUT2D eigenvalue weighted by Crippen LogP contribution is 2.33. The molecule has 4 rings (SSSR count). The molecule has 0 atom stereocenters. The minimum atomic E-state index is -4.27. The van der Waals surface area contributed by atoms with E-state index in [9.17, 15) is 18.0 Å². The Bertz CT molecular complexity index is 1410. The predicted molar refractivity (Wildman–Crippen MR) is 119 cm³/mol. The van der Waals surface area contributed by atoms with Crippen LogP contribution < -0.4 is 4.31 Å². The van der Waals surface area contributed by atoms with E-state index >= 15 is 0 Å². The number of esters is 1. The summed E-state index contributed by atoms with van der Waals surface area (Å²) in [5.74, 6) is -1.02. The SMILES string of the molecule is COC(=O)c1c(C)oc2ccc(N(C(=O)c3ccccc3)S(=O)(=O)c3ccccc3)cc12. The van der Waals surface area contributed by atoms with Crippen molar-refractivity contribution in [1.29, 1.82) is 0 Å². The van der Waals surface area contributed by atoms with Crippen LogP contribution >= 0.6 is 0 Å². The quantitative estimate of drug-likeness (QED) is 0.415. The summed E-state index contributed by atoms with van der Waals surface area (Å²) in [6, 6.07) is 20.2. The Hall–Kier alpha value is -3.91. The zero-order valence-corrected chi connectivity index (χ0v) is 18.1. The number of methoxy groups -OCH3 is 1. The van der Waals surface area contributed by atoms with E-state index in [-0.39, 0.29) is 21.7 Å². The van der Waals surface area contributed by atoms with Crippen molar-refractivity contribution in [2.24, 2.45) is 0 Å². The summed E-state index contributed by atoms with van der Waals surface area (Å²) in [4.78, 5) is 25.7. The van der Waals surface area contributed by atoms with Gasteiger partial charge in [-0.3, -0.25) is 4.79 Å². The fourth-order valence-corrected chi connectivity index (χ4v) is 4.88. The molecule has 7 nitrogen and oxygen atoms in total. The fourth-order valence-electron chi connectivity index (χ4n) is 3.45. The van der Waals surface area contributed by atoms with E-state index in [0.29, 0.717) is 16.7 Å². The van der Waals surface area contributed by atoms with E-state index in [2.05, 4.69) is 0 Å². The third kappa shape index (κ3) is 3.65. The summed E-state index contributed by atoms with van der Waals surface area (Å²) >= 11 is 0. The molecular weight excluding hydrogens is 430 g/mol. The molecule has 3 aromatic carbocycles. The number of ether oxygens (including phenoxy) is 1. The maximum absolute atomic E-state index is 13.6. The minimum absolute atomic E-state index is 0.0408. The Morgan fingerprint density at radius 3 is 2.16 bits per heavy atom. The first-order valence-electron chi connectivity index (χ1n) is 9.66. The van der Waals surface area contributed by atoms with Gasteiger partial charge in [0.25, 0.3) is 15.9 Å². The Balaban J connectivity index is 1.95. The van der Waals surface area contributed by atoms with E-state index in [4.69, 9.17) is 9.15 Å². The molecule has 0 N–H and O–H groups in total. The molecule has 0 aliphatic heterocycles. The molecular formula is C24H19NO6S. The van der Waals surface area contributed by atoms with Gasteiger partial charge in [0.05, 0.1) is 17.7 Å². The standard InChI is InChI=1S/C24H19NO6S/c1-16-22(24(27)30-2)20-15-18(13-14-21(20)31-16)25(23(26)17-9-5-3-6-10-17)32(28,29)19-11-7-4-8-12-19/h3-15H,1-2H3. The average Bonchev–Trinajstić information content (AvgIpc) is 3.14. The number of aryl methyl sites for hydroxylation is 1. The number of anilines is 1. The highest BCUT2D eigenvalue weighted by atomic mass is 32.2. The number of benzene rings is 3. The van der Waals surface area contributed by atoms with Crippen LogP contribution in [0.3, 0.4) is 0 Å². The van der Waals surface area contributed by atoms with Gasteiger partial charge in [0.2, 0.25) is 0 Å². The van der Waals surface area contributed by atoms with E-state index in [1.165, 1.54) is 49.6 Å². The molecule has 32 heavy (non-hydrogen) atoms. The van der Waals surface area contributed by atoms with Gasteiger partial charge in [-0.2, -0.15) is 4.31 Å². The van der Waals surface area contributed by atoms with Gasteiger partial charge in [-0.15, -0.1) is 0 Å². The molecule has 4 aromatic rings. The Morgan fingerprint density at radius 2 is 1.53 bits per heavy atom. The third-order valence-electron chi connectivity index (χ3n) is 4.96. The first kappa shape index (κ1) is 21.3. The Morgan fingerprint density at radius 1 is 0.906 bits per heavy atom. The fraction of sp³-hybridized carbons (Fsp3) is 0.0833. The van der Waals surface area contributed by atoms with Gasteiger partial charge in [-0.1, -0.05) is 36.4 Å². The smallest absolute Gasteiger partial charge is 0.342 e. The lowest BCUT2D eigenvalue weighted by Gasteiger charge is -2.23. The minimum Gasteiger partial charge on any atom is -0.465 e. The molecule has 0 radical (unpaired) electrons. The lowest BCUT2D eigenvalue weighted by Crippen LogP contribution is -2.37. The number of carbonyl (C=O) groups excluding carboxylic acids is 2. The molecule has 0 fully saturated rings. The number of amides is 1. The molecule has 162 valence electrons. The Kier molecular flexibility index (Phi) is 5.54. The zero-order chi connectivity index (χ0) is 22.9. The summed E-state index contributed by atoms with van der Waals surface area (Å²) in [6.45, 7) is 1.61. The van der Waals surface area contributed by atoms with Gasteiger partial charge < -0.3 is 9.15 Å². The monoisotopic (exact) mass is 449 g/mol. The molecule has 1 heterocycles. The highest BCUT2D eigenvalue weighted by molar-refractivity contribution is 7.93. The van der Waals surface area contributed by atoms with Crippen LogP contribution in [-0.4, -0.2) is 27.4 Å². The van der Waals surface area contributed by atoms with Crippen LogP contribution in [0, 0.1) is 6.92 Å². The maximum atomic E-state index is 13.6. The number of hydrogen-bond donors (Lipinski definition) is 0. The van der Waals surface area contributed by atoms with Crippen molar-refractivity contribution in [2.45, 2.75) is 11.8 Å². The van der Waals surface area contributed by atoms with Crippen molar-refractivity contribution in [1.82, 2.24) is 0 Å². The van der Waals surface area contributed by atoms with Crippen LogP contribution in [0.4, 0.5) is 5.69 Å². The normalized spacial score (nSPS) is 11.3. The van der Waals surface area contributed by atoms with Gasteiger partial charge in [0, 0.05) is 10.9 Å². The molecule has 0 aliphatic carbocycles. The van der Waals surface area contributed by atoms with Crippen LogP contribution in [0.15, 0.2) is 88.2 Å². The maximum Gasteiger partial charge on any atom is 0.342 e. The number of rotatable bonds is 5. The third-order valence-corrected chi connectivity index (χ3v) is 6.68. The molecule has 0 spiro atoms. The molecule has 0 saturated carbocycles. The zero-order valence-electron chi connectivity index (χ0n) is 17.3. The number of carbonyl (C=O) groups is 2. The second-order valence-corrected chi connectivity index (χ2v) is 8.75. The van der Waals surface area contributed by atoms with Crippen LogP contribution in [0.25, 0.3) is 11.0 Å². The molecule has 0 saturated heterocycles. The van der Waals surface area contributed by atoms with E-state index in [1.54, 1.807) is 43.3 Å². The first-order chi connectivity index (χ1) is 15.3. The van der Waals surface area contributed by atoms with E-state index in [0.717, 1.165) is 4.31 Å². The van der Waals surface area contributed by atoms with Crippen LogP contribution in [-0.2, 0) is 14.8 Å². The van der Waals surface area contributed by atoms with Crippen molar-refractivity contribution in [2.75, 3.05) is 11.4 Å². The first-order valence-corrected chi connectivity index (χ1v) is 11.1. The van der Waals surface area contributed by atoms with Gasteiger partial charge in [0.1, 0.15) is 16.9 Å². The van der Waals surface area contributed by atoms with Gasteiger partial charge in [-0.25, -0.2) is 13.2 Å². The second-order valence-electron chi connectivity index (χ2n) is 6.96. The van der Waals surface area contributed by atoms with E-state index in [1.807, 2.05) is 0 Å². The van der Waals surface area contributed by atoms with Crippen LogP contribution in [0.2, 0.25) is 0 Å². The molecule has 0 aliphatic rings. The largest absolute Gasteiger partial charge is 0.465 e. The number of nitrogens with zero attached hydrogens (tertiary/aromatic N) is 1. The summed E-state index contributed by atoms with van der Waals surface area (Å²) in [5.41, 5.74) is 0.814. The van der Waals surface area contributed by atoms with Crippen LogP contribution in [0.1, 0.15) is 26.5 Å². The van der Waals surface area contributed by atoms with Crippen molar-refractivity contribution >= 4 is 38.6 Å².